The Kier molecular flexibility index (Phi) is 5.71. The van der Waals surface area contributed by atoms with Crippen molar-refractivity contribution in [2.24, 2.45) is 0 Å². The average molecular weight is 278 g/mol. The van der Waals surface area contributed by atoms with Gasteiger partial charge in [0.05, 0.1) is 5.56 Å². The summed E-state index contributed by atoms with van der Waals surface area (Å²) in [6, 6.07) is 6.07. The van der Waals surface area contributed by atoms with E-state index < -0.39 is 24.5 Å². The molecule has 0 aliphatic heterocycles. The standard InChI is InChI=1S/C14H18N2O4/c1-9(2)15-14(19)16-12(17)8-20-13(18)11-6-4-10(3)5-7-11/h4-7,9H,8H2,1-3H3,(H2,15,16,17,19). The summed E-state index contributed by atoms with van der Waals surface area (Å²) in [6.45, 7) is 4.93. The van der Waals surface area contributed by atoms with Crippen molar-refractivity contribution in [2.75, 3.05) is 6.61 Å². The fourth-order valence-electron chi connectivity index (χ4n) is 1.37. The third-order valence-corrected chi connectivity index (χ3v) is 2.29. The maximum atomic E-state index is 11.6. The molecule has 2 N–H and O–H groups in total. The van der Waals surface area contributed by atoms with E-state index in [1.807, 2.05) is 6.92 Å². The molecule has 1 aromatic carbocycles. The van der Waals surface area contributed by atoms with Gasteiger partial charge < -0.3 is 10.1 Å². The summed E-state index contributed by atoms with van der Waals surface area (Å²) >= 11 is 0. The van der Waals surface area contributed by atoms with Crippen LogP contribution in [0.15, 0.2) is 24.3 Å². The Hall–Kier alpha value is -2.37. The molecule has 1 rings (SSSR count). The van der Waals surface area contributed by atoms with Gasteiger partial charge in [0.1, 0.15) is 0 Å². The first-order valence-electron chi connectivity index (χ1n) is 6.22. The van der Waals surface area contributed by atoms with E-state index in [1.165, 1.54) is 0 Å². The topological polar surface area (TPSA) is 84.5 Å². The summed E-state index contributed by atoms with van der Waals surface area (Å²) in [5.41, 5.74) is 1.37. The summed E-state index contributed by atoms with van der Waals surface area (Å²) in [6.07, 6.45) is 0. The van der Waals surface area contributed by atoms with E-state index in [0.717, 1.165) is 5.56 Å². The van der Waals surface area contributed by atoms with Gasteiger partial charge in [-0.1, -0.05) is 17.7 Å². The van der Waals surface area contributed by atoms with Gasteiger partial charge in [0.25, 0.3) is 5.91 Å². The molecule has 108 valence electrons. The summed E-state index contributed by atoms with van der Waals surface area (Å²) in [5, 5.41) is 4.55. The van der Waals surface area contributed by atoms with Crippen molar-refractivity contribution < 1.29 is 19.1 Å². The molecule has 0 aliphatic rings. The van der Waals surface area contributed by atoms with E-state index in [2.05, 4.69) is 10.6 Å². The largest absolute Gasteiger partial charge is 0.452 e. The van der Waals surface area contributed by atoms with Crippen LogP contribution in [0.2, 0.25) is 0 Å². The highest BCUT2D eigenvalue weighted by atomic mass is 16.5. The molecule has 20 heavy (non-hydrogen) atoms. The van der Waals surface area contributed by atoms with Crippen molar-refractivity contribution in [3.8, 4) is 0 Å². The summed E-state index contributed by atoms with van der Waals surface area (Å²) in [5.74, 6) is -1.28. The maximum absolute atomic E-state index is 11.6. The number of urea groups is 1. The lowest BCUT2D eigenvalue weighted by atomic mass is 10.1. The molecule has 0 aromatic heterocycles. The zero-order valence-electron chi connectivity index (χ0n) is 11.7. The number of aryl methyl sites for hydroxylation is 1. The average Bonchev–Trinajstić information content (AvgIpc) is 2.35. The summed E-state index contributed by atoms with van der Waals surface area (Å²) in [7, 11) is 0. The van der Waals surface area contributed by atoms with Gasteiger partial charge in [-0.05, 0) is 32.9 Å². The van der Waals surface area contributed by atoms with Gasteiger partial charge in [-0.15, -0.1) is 0 Å². The third kappa shape index (κ3) is 5.51. The summed E-state index contributed by atoms with van der Waals surface area (Å²) in [4.78, 5) is 34.2. The van der Waals surface area contributed by atoms with Crippen LogP contribution in [0.3, 0.4) is 0 Å². The van der Waals surface area contributed by atoms with Gasteiger partial charge in [0, 0.05) is 6.04 Å². The van der Waals surface area contributed by atoms with Crippen LogP contribution < -0.4 is 10.6 Å². The van der Waals surface area contributed by atoms with Crippen LogP contribution in [0.25, 0.3) is 0 Å². The first-order valence-corrected chi connectivity index (χ1v) is 6.22. The number of nitrogens with one attached hydrogen (secondary N) is 2. The van der Waals surface area contributed by atoms with Gasteiger partial charge in [-0.2, -0.15) is 0 Å². The van der Waals surface area contributed by atoms with Gasteiger partial charge >= 0.3 is 12.0 Å². The zero-order valence-corrected chi connectivity index (χ0v) is 11.7. The Morgan fingerprint density at radius 2 is 1.75 bits per heavy atom. The first kappa shape index (κ1) is 15.7. The number of hydrogen-bond donors (Lipinski definition) is 2. The van der Waals surface area contributed by atoms with E-state index in [4.69, 9.17) is 4.74 Å². The molecule has 0 saturated carbocycles. The molecular formula is C14H18N2O4. The number of carbonyl (C=O) groups excluding carboxylic acids is 3. The predicted octanol–water partition coefficient (Wildman–Crippen LogP) is 1.39. The molecule has 1 aromatic rings. The van der Waals surface area contributed by atoms with Crippen molar-refractivity contribution >= 4 is 17.9 Å². The molecular weight excluding hydrogens is 260 g/mol. The van der Waals surface area contributed by atoms with Crippen LogP contribution in [0.1, 0.15) is 29.8 Å². The molecule has 6 nitrogen and oxygen atoms in total. The number of esters is 1. The van der Waals surface area contributed by atoms with E-state index >= 15 is 0 Å². The SMILES string of the molecule is Cc1ccc(C(=O)OCC(=O)NC(=O)NC(C)C)cc1. The predicted molar refractivity (Wildman–Crippen MR) is 73.3 cm³/mol. The number of amides is 3. The molecule has 0 saturated heterocycles. The molecule has 0 radical (unpaired) electrons. The quantitative estimate of drug-likeness (QED) is 0.815. The summed E-state index contributed by atoms with van der Waals surface area (Å²) < 4.78 is 4.80. The normalized spacial score (nSPS) is 10.0. The minimum absolute atomic E-state index is 0.0853. The fourth-order valence-corrected chi connectivity index (χ4v) is 1.37. The third-order valence-electron chi connectivity index (χ3n) is 2.29. The van der Waals surface area contributed by atoms with Crippen molar-refractivity contribution in [3.63, 3.8) is 0 Å². The minimum atomic E-state index is -0.677. The lowest BCUT2D eigenvalue weighted by Gasteiger charge is -2.09. The Morgan fingerprint density at radius 3 is 2.30 bits per heavy atom. The molecule has 0 spiro atoms. The van der Waals surface area contributed by atoms with Gasteiger partial charge in [-0.3, -0.25) is 10.1 Å². The van der Waals surface area contributed by atoms with Crippen LogP contribution >= 0.6 is 0 Å². The molecule has 0 fully saturated rings. The van der Waals surface area contributed by atoms with Crippen LogP contribution in [-0.2, 0) is 9.53 Å². The van der Waals surface area contributed by atoms with Crippen LogP contribution in [0, 0.1) is 6.92 Å². The highest BCUT2D eigenvalue weighted by Crippen LogP contribution is 2.04. The Bertz CT molecular complexity index is 494. The second kappa shape index (κ2) is 7.28. The Labute approximate surface area is 117 Å². The molecule has 0 atom stereocenters. The lowest BCUT2D eigenvalue weighted by Crippen LogP contribution is -2.44. The number of imide groups is 1. The first-order chi connectivity index (χ1) is 9.38. The lowest BCUT2D eigenvalue weighted by molar-refractivity contribution is -0.123. The monoisotopic (exact) mass is 278 g/mol. The molecule has 0 aliphatic carbocycles. The van der Waals surface area contributed by atoms with Crippen molar-refractivity contribution in [3.05, 3.63) is 35.4 Å². The van der Waals surface area contributed by atoms with Gasteiger partial charge in [0.15, 0.2) is 6.61 Å². The van der Waals surface area contributed by atoms with Crippen molar-refractivity contribution in [1.82, 2.24) is 10.6 Å². The van der Waals surface area contributed by atoms with Crippen LogP contribution in [0.5, 0.6) is 0 Å². The molecule has 0 heterocycles. The highest BCUT2D eigenvalue weighted by Gasteiger charge is 2.12. The molecule has 0 bridgehead atoms. The van der Waals surface area contributed by atoms with E-state index in [0.29, 0.717) is 5.56 Å². The Balaban J connectivity index is 2.39. The molecule has 0 unspecified atom stereocenters. The van der Waals surface area contributed by atoms with E-state index in [1.54, 1.807) is 38.1 Å². The zero-order chi connectivity index (χ0) is 15.1. The number of hydrogen-bond acceptors (Lipinski definition) is 4. The number of benzene rings is 1. The molecule has 3 amide bonds. The fraction of sp³-hybridized carbons (Fsp3) is 0.357. The highest BCUT2D eigenvalue weighted by molar-refractivity contribution is 5.97. The second-order valence-corrected chi connectivity index (χ2v) is 4.62. The van der Waals surface area contributed by atoms with Gasteiger partial charge in [0.2, 0.25) is 0 Å². The number of ether oxygens (including phenoxy) is 1. The van der Waals surface area contributed by atoms with Gasteiger partial charge in [-0.25, -0.2) is 9.59 Å². The molecule has 6 heteroatoms. The van der Waals surface area contributed by atoms with Crippen LogP contribution in [0.4, 0.5) is 4.79 Å². The van der Waals surface area contributed by atoms with E-state index in [9.17, 15) is 14.4 Å². The van der Waals surface area contributed by atoms with Crippen molar-refractivity contribution in [2.45, 2.75) is 26.8 Å². The van der Waals surface area contributed by atoms with Crippen LogP contribution in [-0.4, -0.2) is 30.6 Å². The maximum Gasteiger partial charge on any atom is 0.338 e. The number of carbonyl (C=O) groups is 3. The Morgan fingerprint density at radius 1 is 1.15 bits per heavy atom. The van der Waals surface area contributed by atoms with E-state index in [-0.39, 0.29) is 6.04 Å². The smallest absolute Gasteiger partial charge is 0.338 e. The van der Waals surface area contributed by atoms with Crippen molar-refractivity contribution in [1.29, 1.82) is 0 Å². The number of rotatable bonds is 4. The second-order valence-electron chi connectivity index (χ2n) is 4.62. The minimum Gasteiger partial charge on any atom is -0.452 e.